The SMILES string of the molecule is CC(NCC(O)C(C)C)C(=O)N(C)C. The van der Waals surface area contributed by atoms with Crippen LogP contribution in [0.2, 0.25) is 0 Å². The Morgan fingerprint density at radius 1 is 1.36 bits per heavy atom. The number of hydrogen-bond acceptors (Lipinski definition) is 3. The second kappa shape index (κ2) is 5.98. The third-order valence-corrected chi connectivity index (χ3v) is 2.21. The Bertz CT molecular complexity index is 181. The molecule has 0 aliphatic heterocycles. The lowest BCUT2D eigenvalue weighted by Gasteiger charge is -2.21. The van der Waals surface area contributed by atoms with Crippen LogP contribution in [-0.4, -0.2) is 48.7 Å². The van der Waals surface area contributed by atoms with Crippen molar-refractivity contribution in [3.63, 3.8) is 0 Å². The number of aliphatic hydroxyl groups excluding tert-OH is 1. The number of carbonyl (C=O) groups excluding carboxylic acids is 1. The first-order chi connectivity index (χ1) is 6.36. The van der Waals surface area contributed by atoms with Gasteiger partial charge >= 0.3 is 0 Å². The highest BCUT2D eigenvalue weighted by Crippen LogP contribution is 1.99. The summed E-state index contributed by atoms with van der Waals surface area (Å²) in [5, 5.41) is 12.5. The summed E-state index contributed by atoms with van der Waals surface area (Å²) in [5.41, 5.74) is 0. The minimum atomic E-state index is -0.396. The third-order valence-electron chi connectivity index (χ3n) is 2.21. The topological polar surface area (TPSA) is 52.6 Å². The minimum absolute atomic E-state index is 0.0287. The van der Waals surface area contributed by atoms with Gasteiger partial charge in [-0.05, 0) is 12.8 Å². The maximum absolute atomic E-state index is 11.4. The van der Waals surface area contributed by atoms with E-state index in [0.29, 0.717) is 6.54 Å². The molecule has 1 amide bonds. The van der Waals surface area contributed by atoms with Crippen molar-refractivity contribution in [2.75, 3.05) is 20.6 Å². The van der Waals surface area contributed by atoms with E-state index >= 15 is 0 Å². The Kier molecular flexibility index (Phi) is 5.72. The number of carbonyl (C=O) groups is 1. The molecule has 0 rings (SSSR count). The molecule has 2 atom stereocenters. The summed E-state index contributed by atoms with van der Waals surface area (Å²) in [6.07, 6.45) is -0.396. The van der Waals surface area contributed by atoms with Crippen molar-refractivity contribution < 1.29 is 9.90 Å². The molecule has 4 heteroatoms. The molecule has 84 valence electrons. The van der Waals surface area contributed by atoms with E-state index in [1.807, 2.05) is 13.8 Å². The van der Waals surface area contributed by atoms with Crippen molar-refractivity contribution >= 4 is 5.91 Å². The molecule has 0 saturated carbocycles. The molecule has 4 nitrogen and oxygen atoms in total. The highest BCUT2D eigenvalue weighted by Gasteiger charge is 2.16. The van der Waals surface area contributed by atoms with E-state index in [4.69, 9.17) is 0 Å². The molecule has 0 aliphatic rings. The van der Waals surface area contributed by atoms with Crippen molar-refractivity contribution in [3.05, 3.63) is 0 Å². The van der Waals surface area contributed by atoms with Gasteiger partial charge < -0.3 is 15.3 Å². The number of aliphatic hydroxyl groups is 1. The number of hydrogen-bond donors (Lipinski definition) is 2. The van der Waals surface area contributed by atoms with Crippen LogP contribution in [0.1, 0.15) is 20.8 Å². The van der Waals surface area contributed by atoms with Gasteiger partial charge in [-0.25, -0.2) is 0 Å². The van der Waals surface area contributed by atoms with Crippen LogP contribution in [0.25, 0.3) is 0 Å². The van der Waals surface area contributed by atoms with Crippen LogP contribution < -0.4 is 5.32 Å². The highest BCUT2D eigenvalue weighted by molar-refractivity contribution is 5.80. The van der Waals surface area contributed by atoms with E-state index in [2.05, 4.69) is 5.32 Å². The van der Waals surface area contributed by atoms with Crippen LogP contribution in [0, 0.1) is 5.92 Å². The lowest BCUT2D eigenvalue weighted by molar-refractivity contribution is -0.130. The molecular weight excluding hydrogens is 180 g/mol. The summed E-state index contributed by atoms with van der Waals surface area (Å²) in [7, 11) is 3.44. The van der Waals surface area contributed by atoms with Crippen LogP contribution in [0.3, 0.4) is 0 Å². The molecule has 2 unspecified atom stereocenters. The van der Waals surface area contributed by atoms with Crippen molar-refractivity contribution in [2.24, 2.45) is 5.92 Å². The van der Waals surface area contributed by atoms with E-state index in [0.717, 1.165) is 0 Å². The summed E-state index contributed by atoms with van der Waals surface area (Å²) >= 11 is 0. The zero-order valence-corrected chi connectivity index (χ0v) is 9.74. The van der Waals surface area contributed by atoms with Gasteiger partial charge in [-0.15, -0.1) is 0 Å². The van der Waals surface area contributed by atoms with Crippen molar-refractivity contribution in [2.45, 2.75) is 32.9 Å². The van der Waals surface area contributed by atoms with Gasteiger partial charge in [0.2, 0.25) is 5.91 Å². The lowest BCUT2D eigenvalue weighted by atomic mass is 10.1. The van der Waals surface area contributed by atoms with E-state index in [9.17, 15) is 9.90 Å². The van der Waals surface area contributed by atoms with Gasteiger partial charge in [-0.2, -0.15) is 0 Å². The Balaban J connectivity index is 3.85. The summed E-state index contributed by atoms with van der Waals surface area (Å²) in [6, 6.07) is -0.238. The summed E-state index contributed by atoms with van der Waals surface area (Å²) in [4.78, 5) is 12.9. The third kappa shape index (κ3) is 4.58. The van der Waals surface area contributed by atoms with E-state index in [1.54, 1.807) is 25.9 Å². The molecule has 0 aromatic rings. The van der Waals surface area contributed by atoms with Gasteiger partial charge in [-0.3, -0.25) is 4.79 Å². The summed E-state index contributed by atoms with van der Waals surface area (Å²) in [6.45, 7) is 6.16. The molecule has 0 aromatic carbocycles. The van der Waals surface area contributed by atoms with Gasteiger partial charge in [0.25, 0.3) is 0 Å². The van der Waals surface area contributed by atoms with E-state index in [-0.39, 0.29) is 17.9 Å². The number of amides is 1. The molecule has 0 spiro atoms. The Labute approximate surface area is 86.3 Å². The first kappa shape index (κ1) is 13.4. The first-order valence-electron chi connectivity index (χ1n) is 4.98. The zero-order valence-electron chi connectivity index (χ0n) is 9.74. The normalized spacial score (nSPS) is 15.4. The monoisotopic (exact) mass is 202 g/mol. The fraction of sp³-hybridized carbons (Fsp3) is 0.900. The quantitative estimate of drug-likeness (QED) is 0.663. The molecule has 0 saturated heterocycles. The Morgan fingerprint density at radius 2 is 1.86 bits per heavy atom. The van der Waals surface area contributed by atoms with Gasteiger partial charge in [0.1, 0.15) is 0 Å². The maximum Gasteiger partial charge on any atom is 0.238 e. The maximum atomic E-state index is 11.4. The van der Waals surface area contributed by atoms with Crippen molar-refractivity contribution in [1.82, 2.24) is 10.2 Å². The second-order valence-electron chi connectivity index (χ2n) is 4.17. The molecule has 2 N–H and O–H groups in total. The van der Waals surface area contributed by atoms with Crippen LogP contribution >= 0.6 is 0 Å². The predicted molar refractivity (Wildman–Crippen MR) is 57.0 cm³/mol. The highest BCUT2D eigenvalue weighted by atomic mass is 16.3. The summed E-state index contributed by atoms with van der Waals surface area (Å²) in [5.74, 6) is 0.241. The van der Waals surface area contributed by atoms with Crippen LogP contribution in [0.5, 0.6) is 0 Å². The minimum Gasteiger partial charge on any atom is -0.392 e. The molecule has 0 bridgehead atoms. The summed E-state index contributed by atoms with van der Waals surface area (Å²) < 4.78 is 0. The average molecular weight is 202 g/mol. The molecule has 0 fully saturated rings. The van der Waals surface area contributed by atoms with Crippen LogP contribution in [0.4, 0.5) is 0 Å². The molecule has 0 aliphatic carbocycles. The zero-order chi connectivity index (χ0) is 11.3. The predicted octanol–water partition coefficient (Wildman–Crippen LogP) is 0.0696. The largest absolute Gasteiger partial charge is 0.392 e. The molecular formula is C10H22N2O2. The standard InChI is InChI=1S/C10H22N2O2/c1-7(2)9(13)6-11-8(3)10(14)12(4)5/h7-9,11,13H,6H2,1-5H3. The molecule has 0 radical (unpaired) electrons. The fourth-order valence-electron chi connectivity index (χ4n) is 1.01. The average Bonchev–Trinajstić information content (AvgIpc) is 2.11. The lowest BCUT2D eigenvalue weighted by Crippen LogP contribution is -2.45. The fourth-order valence-corrected chi connectivity index (χ4v) is 1.01. The van der Waals surface area contributed by atoms with E-state index < -0.39 is 6.10 Å². The number of nitrogens with zero attached hydrogens (tertiary/aromatic N) is 1. The van der Waals surface area contributed by atoms with Gasteiger partial charge in [0, 0.05) is 20.6 Å². The first-order valence-corrected chi connectivity index (χ1v) is 4.98. The second-order valence-corrected chi connectivity index (χ2v) is 4.17. The van der Waals surface area contributed by atoms with Crippen molar-refractivity contribution in [3.8, 4) is 0 Å². The van der Waals surface area contributed by atoms with E-state index in [1.165, 1.54) is 0 Å². The van der Waals surface area contributed by atoms with Crippen molar-refractivity contribution in [1.29, 1.82) is 0 Å². The number of rotatable bonds is 5. The van der Waals surface area contributed by atoms with Gasteiger partial charge in [0.15, 0.2) is 0 Å². The van der Waals surface area contributed by atoms with Crippen LogP contribution in [-0.2, 0) is 4.79 Å². The van der Waals surface area contributed by atoms with Gasteiger partial charge in [-0.1, -0.05) is 13.8 Å². The van der Waals surface area contributed by atoms with Crippen LogP contribution in [0.15, 0.2) is 0 Å². The molecule has 14 heavy (non-hydrogen) atoms. The van der Waals surface area contributed by atoms with Gasteiger partial charge in [0.05, 0.1) is 12.1 Å². The smallest absolute Gasteiger partial charge is 0.238 e. The Hall–Kier alpha value is -0.610. The molecule has 0 aromatic heterocycles. The molecule has 0 heterocycles. The number of likely N-dealkylation sites (N-methyl/N-ethyl adjacent to an activating group) is 1. The number of nitrogens with one attached hydrogen (secondary N) is 1. The Morgan fingerprint density at radius 3 is 2.21 bits per heavy atom.